The van der Waals surface area contributed by atoms with Crippen LogP contribution < -0.4 is 0 Å². The fraction of sp³-hybridized carbons (Fsp3) is 0.829. The third-order valence-corrected chi connectivity index (χ3v) is 16.9. The fourth-order valence-electron chi connectivity index (χ4n) is 7.22. The first-order valence-electron chi connectivity index (χ1n) is 17.5. The molecule has 0 aromatic carbocycles. The second-order valence-corrected chi connectivity index (χ2v) is 21.3. The molecule has 0 aromatic heterocycles. The van der Waals surface area contributed by atoms with Crippen molar-refractivity contribution in [2.45, 2.75) is 90.1 Å². The van der Waals surface area contributed by atoms with Crippen LogP contribution in [-0.4, -0.2) is 103 Å². The molecule has 2 aliphatic carbocycles. The van der Waals surface area contributed by atoms with Crippen LogP contribution in [0.3, 0.4) is 0 Å². The summed E-state index contributed by atoms with van der Waals surface area (Å²) in [6, 6.07) is 1.62. The third kappa shape index (κ3) is 17.9. The summed E-state index contributed by atoms with van der Waals surface area (Å²) in [6.45, 7) is 11.1. The van der Waals surface area contributed by atoms with Crippen LogP contribution in [0.4, 0.5) is 0 Å². The van der Waals surface area contributed by atoms with E-state index in [0.29, 0.717) is 47.7 Å². The van der Waals surface area contributed by atoms with Gasteiger partial charge in [-0.05, 0) is 101 Å². The van der Waals surface area contributed by atoms with Gasteiger partial charge < -0.3 is 49.4 Å². The molecule has 2 fully saturated rings. The van der Waals surface area contributed by atoms with E-state index in [-0.39, 0.29) is 5.78 Å². The van der Waals surface area contributed by atoms with E-state index in [1.54, 1.807) is 77.8 Å². The molecule has 14 heteroatoms. The van der Waals surface area contributed by atoms with Crippen molar-refractivity contribution in [3.05, 3.63) is 25.3 Å². The van der Waals surface area contributed by atoms with E-state index in [0.717, 1.165) is 57.0 Å². The molecule has 0 N–H and O–H groups in total. The number of carbonyl (C=O) groups is 2. The minimum absolute atomic E-state index is 0.265. The Bertz CT molecular complexity index is 891. The van der Waals surface area contributed by atoms with Crippen molar-refractivity contribution in [3.8, 4) is 0 Å². The molecule has 0 spiro atoms. The topological polar surface area (TPSA) is 117 Å². The highest BCUT2D eigenvalue weighted by Gasteiger charge is 2.43. The van der Waals surface area contributed by atoms with E-state index >= 15 is 0 Å². The van der Waals surface area contributed by atoms with Crippen molar-refractivity contribution in [2.24, 2.45) is 35.5 Å². The molecule has 288 valence electrons. The molecule has 11 nitrogen and oxygen atoms in total. The van der Waals surface area contributed by atoms with Gasteiger partial charge in [-0.25, -0.2) is 0 Å². The number of hydrogen-bond acceptors (Lipinski definition) is 11. The maximum absolute atomic E-state index is 11.5. The maximum Gasteiger partial charge on any atom is 0.500 e. The van der Waals surface area contributed by atoms with Gasteiger partial charge in [-0.1, -0.05) is 12.2 Å². The van der Waals surface area contributed by atoms with Crippen molar-refractivity contribution in [2.75, 3.05) is 64.0 Å². The number of allylic oxidation sites excluding steroid dienone is 2. The number of carbonyl (C=O) groups excluding carboxylic acids is 2. The molecular weight excluding hydrogens is 681 g/mol. The zero-order valence-corrected chi connectivity index (χ0v) is 35.7. The van der Waals surface area contributed by atoms with E-state index in [1.807, 2.05) is 12.2 Å². The highest BCUT2D eigenvalue weighted by molar-refractivity contribution is 6.60. The molecule has 2 saturated carbocycles. The van der Waals surface area contributed by atoms with Gasteiger partial charge in [0.25, 0.3) is 0 Å². The summed E-state index contributed by atoms with van der Waals surface area (Å²) >= 11 is 0. The Morgan fingerprint density at radius 2 is 1.00 bits per heavy atom. The quantitative estimate of drug-likeness (QED) is 0.0837. The Labute approximate surface area is 302 Å². The Balaban J connectivity index is 0.000000901. The van der Waals surface area contributed by atoms with Gasteiger partial charge in [-0.2, -0.15) is 0 Å². The van der Waals surface area contributed by atoms with Gasteiger partial charge in [0.05, 0.1) is 0 Å². The molecule has 0 heterocycles. The van der Waals surface area contributed by atoms with Crippen molar-refractivity contribution in [1.82, 2.24) is 0 Å². The smallest absolute Gasteiger partial charge is 0.379 e. The minimum atomic E-state index is -2.57. The third-order valence-electron chi connectivity index (χ3n) is 10.2. The normalized spacial score (nSPS) is 23.8. The predicted octanol–water partition coefficient (Wildman–Crippen LogP) is 6.55. The summed E-state index contributed by atoms with van der Waals surface area (Å²) in [5, 5.41) is 0. The molecule has 49 heavy (non-hydrogen) atoms. The van der Waals surface area contributed by atoms with Crippen molar-refractivity contribution in [1.29, 1.82) is 0 Å². The molecule has 0 aromatic rings. The van der Waals surface area contributed by atoms with Gasteiger partial charge >= 0.3 is 27.1 Å². The van der Waals surface area contributed by atoms with E-state index in [1.165, 1.54) is 12.8 Å². The Hall–Kier alpha value is -0.889. The Kier molecular flexibility index (Phi) is 26.3. The summed E-state index contributed by atoms with van der Waals surface area (Å²) < 4.78 is 47.7. The maximum atomic E-state index is 11.5. The van der Waals surface area contributed by atoms with Gasteiger partial charge in [0, 0.05) is 88.9 Å². The van der Waals surface area contributed by atoms with Crippen LogP contribution in [0.1, 0.15) is 78.1 Å². The van der Waals surface area contributed by atoms with Gasteiger partial charge in [-0.3, -0.25) is 0 Å². The first-order chi connectivity index (χ1) is 23.3. The largest absolute Gasteiger partial charge is 0.500 e. The first kappa shape index (κ1) is 48.1. The zero-order valence-electron chi connectivity index (χ0n) is 32.6. The first-order valence-corrected chi connectivity index (χ1v) is 22.8. The molecule has 0 bridgehead atoms. The van der Waals surface area contributed by atoms with Crippen molar-refractivity contribution < 1.29 is 49.4 Å². The van der Waals surface area contributed by atoms with E-state index < -0.39 is 27.1 Å². The van der Waals surface area contributed by atoms with Crippen molar-refractivity contribution >= 4 is 38.7 Å². The van der Waals surface area contributed by atoms with Gasteiger partial charge in [0.1, 0.15) is 11.6 Å². The summed E-state index contributed by atoms with van der Waals surface area (Å²) in [6.07, 6.45) is 14.1. The van der Waals surface area contributed by atoms with Crippen LogP contribution in [0.25, 0.3) is 0 Å². The lowest BCUT2D eigenvalue weighted by atomic mass is 9.89. The van der Waals surface area contributed by atoms with E-state index in [2.05, 4.69) is 13.2 Å². The summed E-state index contributed by atoms with van der Waals surface area (Å²) in [4.78, 5) is 22.4. The van der Waals surface area contributed by atoms with Crippen LogP contribution in [-0.2, 0) is 49.4 Å². The van der Waals surface area contributed by atoms with Crippen LogP contribution in [0.5, 0.6) is 0 Å². The lowest BCUT2D eigenvalue weighted by Crippen LogP contribution is -2.43. The summed E-state index contributed by atoms with van der Waals surface area (Å²) in [5.74, 6) is 4.15. The van der Waals surface area contributed by atoms with Crippen LogP contribution >= 0.6 is 0 Å². The minimum Gasteiger partial charge on any atom is -0.379 e. The molecule has 0 amide bonds. The standard InChI is InChI=1S/C19H40O7Si2.C13H20O.C3H10O3Si/c1-16(20)8-9-18-14-17(10-12-27(21-2,22-3)23-4)15-19(18)11-13-28(24-5,25-6)26-7;1-4-11-8-12(5-2)13(9-11)7-6-10(3)14;1-4-7(5-2)6-3/h17-19H,8-15H2,1-7H3;4-5,11-13H,1-2,6-9H2,3H3;7H,1-3H3. The second-order valence-electron chi connectivity index (χ2n) is 13.1. The highest BCUT2D eigenvalue weighted by atomic mass is 28.4. The van der Waals surface area contributed by atoms with Crippen molar-refractivity contribution in [3.63, 3.8) is 0 Å². The predicted molar refractivity (Wildman–Crippen MR) is 200 cm³/mol. The molecule has 0 saturated heterocycles. The number of rotatable bonds is 23. The zero-order chi connectivity index (χ0) is 37.5. The molecule has 2 rings (SSSR count). The number of hydrogen-bond donors (Lipinski definition) is 0. The lowest BCUT2D eigenvalue weighted by molar-refractivity contribution is -0.118. The van der Waals surface area contributed by atoms with Gasteiger partial charge in [0.15, 0.2) is 0 Å². The number of ketones is 2. The van der Waals surface area contributed by atoms with Crippen LogP contribution in [0.2, 0.25) is 12.1 Å². The molecule has 6 unspecified atom stereocenters. The Morgan fingerprint density at radius 3 is 1.35 bits per heavy atom. The monoisotopic (exact) mass is 750 g/mol. The molecule has 6 atom stereocenters. The lowest BCUT2D eigenvalue weighted by Gasteiger charge is -2.27. The molecular formula is C35H70O11Si3. The number of Topliss-reactive ketones (excluding diaryl/α,β-unsaturated/α-hetero) is 2. The van der Waals surface area contributed by atoms with E-state index in [9.17, 15) is 9.59 Å². The highest BCUT2D eigenvalue weighted by Crippen LogP contribution is 2.45. The molecule has 0 radical (unpaired) electrons. The average Bonchev–Trinajstić information content (AvgIpc) is 3.72. The van der Waals surface area contributed by atoms with Crippen LogP contribution in [0, 0.1) is 35.5 Å². The molecule has 2 aliphatic rings. The fourth-order valence-corrected chi connectivity index (χ4v) is 11.5. The van der Waals surface area contributed by atoms with E-state index in [4.69, 9.17) is 39.8 Å². The Morgan fingerprint density at radius 1 is 0.592 bits per heavy atom. The van der Waals surface area contributed by atoms with Crippen LogP contribution in [0.15, 0.2) is 25.3 Å². The van der Waals surface area contributed by atoms with Gasteiger partial charge in [0.2, 0.25) is 0 Å². The summed E-state index contributed by atoms with van der Waals surface area (Å²) in [5.41, 5.74) is 0. The average molecular weight is 751 g/mol. The summed E-state index contributed by atoms with van der Waals surface area (Å²) in [7, 11) is 7.92. The van der Waals surface area contributed by atoms with Gasteiger partial charge in [-0.15, -0.1) is 13.2 Å². The second kappa shape index (κ2) is 26.8. The molecule has 0 aliphatic heterocycles. The SMILES string of the molecule is C=CC1CC(C=C)C(CCC(C)=O)C1.CO[SiH](OC)OC.CO[Si](CCC1CC(CCC(C)=O)C(CC[Si](OC)(OC)OC)C1)(OC)OC.